The van der Waals surface area contributed by atoms with E-state index in [1.165, 1.54) is 12.1 Å². The lowest BCUT2D eigenvalue weighted by atomic mass is 9.85. The van der Waals surface area contributed by atoms with E-state index in [1.807, 2.05) is 30.3 Å². The van der Waals surface area contributed by atoms with Crippen LogP contribution in [0.1, 0.15) is 12.0 Å². The molecule has 0 bridgehead atoms. The fourth-order valence-corrected chi connectivity index (χ4v) is 4.31. The number of likely N-dealkylation sites (tertiary alicyclic amines) is 1. The summed E-state index contributed by atoms with van der Waals surface area (Å²) in [5, 5.41) is 2.32. The molecule has 2 aromatic rings. The minimum absolute atomic E-state index is 0.00893. The van der Waals surface area contributed by atoms with E-state index in [-0.39, 0.29) is 18.7 Å². The molecule has 2 aromatic carbocycles. The lowest BCUT2D eigenvalue weighted by Gasteiger charge is -2.31. The normalized spacial score (nSPS) is 22.2. The molecular formula is C23H25F4N3O2. The number of amides is 1. The number of morpholine rings is 1. The predicted octanol–water partition coefficient (Wildman–Crippen LogP) is 4.06. The van der Waals surface area contributed by atoms with Crippen LogP contribution in [0.25, 0.3) is 0 Å². The van der Waals surface area contributed by atoms with E-state index in [9.17, 15) is 22.4 Å². The number of carbonyl (C=O) groups excluding carboxylic acids is 1. The van der Waals surface area contributed by atoms with Crippen molar-refractivity contribution in [1.82, 2.24) is 4.90 Å². The summed E-state index contributed by atoms with van der Waals surface area (Å²) in [4.78, 5) is 16.3. The van der Waals surface area contributed by atoms with Gasteiger partial charge in [-0.3, -0.25) is 9.69 Å². The fraction of sp³-hybridized carbons (Fsp3) is 0.435. The largest absolute Gasteiger partial charge is 0.404 e. The van der Waals surface area contributed by atoms with Crippen LogP contribution < -0.4 is 10.2 Å². The Labute approximate surface area is 183 Å². The summed E-state index contributed by atoms with van der Waals surface area (Å²) >= 11 is 0. The van der Waals surface area contributed by atoms with Crippen molar-refractivity contribution in [1.29, 1.82) is 0 Å². The molecule has 2 saturated heterocycles. The van der Waals surface area contributed by atoms with Gasteiger partial charge < -0.3 is 15.0 Å². The van der Waals surface area contributed by atoms with E-state index in [4.69, 9.17) is 4.74 Å². The molecule has 2 fully saturated rings. The molecule has 2 aliphatic heterocycles. The van der Waals surface area contributed by atoms with Crippen LogP contribution >= 0.6 is 0 Å². The number of ether oxygens (including phenoxy) is 1. The number of hydrogen-bond donors (Lipinski definition) is 1. The molecule has 172 valence electrons. The van der Waals surface area contributed by atoms with Crippen LogP contribution in [0.3, 0.4) is 0 Å². The quantitative estimate of drug-likeness (QED) is 0.697. The zero-order valence-electron chi connectivity index (χ0n) is 17.5. The Bertz CT molecular complexity index is 948. The first-order chi connectivity index (χ1) is 15.3. The Morgan fingerprint density at radius 1 is 1.06 bits per heavy atom. The van der Waals surface area contributed by atoms with E-state index in [1.54, 1.807) is 9.80 Å². The molecule has 32 heavy (non-hydrogen) atoms. The highest BCUT2D eigenvalue weighted by Crippen LogP contribution is 2.46. The highest BCUT2D eigenvalue weighted by atomic mass is 19.4. The number of carbonyl (C=O) groups is 1. The van der Waals surface area contributed by atoms with Crippen LogP contribution in [0.2, 0.25) is 0 Å². The number of alkyl halides is 3. The van der Waals surface area contributed by atoms with E-state index in [0.29, 0.717) is 38.5 Å². The van der Waals surface area contributed by atoms with Gasteiger partial charge in [-0.2, -0.15) is 13.2 Å². The molecule has 0 spiro atoms. The third kappa shape index (κ3) is 4.59. The smallest absolute Gasteiger partial charge is 0.378 e. The van der Waals surface area contributed by atoms with Crippen LogP contribution in [0.15, 0.2) is 48.5 Å². The van der Waals surface area contributed by atoms with Gasteiger partial charge in [0.15, 0.2) is 5.41 Å². The van der Waals surface area contributed by atoms with E-state index in [2.05, 4.69) is 5.32 Å². The molecule has 2 aliphatic rings. The number of anilines is 2. The van der Waals surface area contributed by atoms with Crippen LogP contribution in [0.4, 0.5) is 28.9 Å². The molecule has 5 nitrogen and oxygen atoms in total. The van der Waals surface area contributed by atoms with Crippen molar-refractivity contribution >= 4 is 17.3 Å². The summed E-state index contributed by atoms with van der Waals surface area (Å²) in [6.07, 6.45) is -5.07. The van der Waals surface area contributed by atoms with Gasteiger partial charge in [0, 0.05) is 31.9 Å². The first kappa shape index (κ1) is 22.5. The average Bonchev–Trinajstić information content (AvgIpc) is 3.21. The van der Waals surface area contributed by atoms with Crippen LogP contribution in [0.5, 0.6) is 0 Å². The van der Waals surface area contributed by atoms with Crippen LogP contribution in [0, 0.1) is 11.2 Å². The highest BCUT2D eigenvalue weighted by molar-refractivity contribution is 5.96. The van der Waals surface area contributed by atoms with E-state index in [0.717, 1.165) is 11.6 Å². The van der Waals surface area contributed by atoms with Gasteiger partial charge >= 0.3 is 6.18 Å². The number of halogens is 4. The second-order valence-corrected chi connectivity index (χ2v) is 8.25. The Hall–Kier alpha value is -2.65. The topological polar surface area (TPSA) is 44.8 Å². The van der Waals surface area contributed by atoms with E-state index >= 15 is 0 Å². The summed E-state index contributed by atoms with van der Waals surface area (Å²) < 4.78 is 62.1. The van der Waals surface area contributed by atoms with Gasteiger partial charge in [-0.1, -0.05) is 30.3 Å². The summed E-state index contributed by atoms with van der Waals surface area (Å²) in [5.41, 5.74) is -1.31. The van der Waals surface area contributed by atoms with Gasteiger partial charge in [-0.05, 0) is 36.7 Å². The Morgan fingerprint density at radius 3 is 2.44 bits per heavy atom. The van der Waals surface area contributed by atoms with E-state index < -0.39 is 29.9 Å². The highest BCUT2D eigenvalue weighted by Gasteiger charge is 2.63. The zero-order chi connectivity index (χ0) is 22.8. The van der Waals surface area contributed by atoms with Gasteiger partial charge in [0.2, 0.25) is 5.91 Å². The minimum atomic E-state index is -4.73. The van der Waals surface area contributed by atoms with Crippen molar-refractivity contribution in [3.05, 3.63) is 59.9 Å². The molecule has 9 heteroatoms. The lowest BCUT2D eigenvalue weighted by molar-refractivity contribution is -0.215. The third-order valence-corrected chi connectivity index (χ3v) is 6.13. The van der Waals surface area contributed by atoms with Gasteiger partial charge in [-0.15, -0.1) is 0 Å². The standard InChI is InChI=1S/C23H25F4N3O2/c24-19-14-18(6-7-20(19)30-10-12-32-13-11-30)28-21(31)22(23(25,26)27)8-9-29(16-22)15-17-4-2-1-3-5-17/h1-7,14H,8-13,15-16H2,(H,28,31). The molecule has 0 aliphatic carbocycles. The summed E-state index contributed by atoms with van der Waals surface area (Å²) in [7, 11) is 0. The van der Waals surface area contributed by atoms with Gasteiger partial charge in [-0.25, -0.2) is 4.39 Å². The van der Waals surface area contributed by atoms with Gasteiger partial charge in [0.05, 0.1) is 18.9 Å². The summed E-state index contributed by atoms with van der Waals surface area (Å²) in [6, 6.07) is 13.2. The van der Waals surface area contributed by atoms with Crippen molar-refractivity contribution < 1.29 is 27.1 Å². The summed E-state index contributed by atoms with van der Waals surface area (Å²) in [6.45, 7) is 2.04. The Morgan fingerprint density at radius 2 is 1.78 bits per heavy atom. The zero-order valence-corrected chi connectivity index (χ0v) is 17.5. The molecule has 0 aromatic heterocycles. The molecule has 1 N–H and O–H groups in total. The number of benzene rings is 2. The van der Waals surface area contributed by atoms with Gasteiger partial charge in [0.1, 0.15) is 5.82 Å². The second-order valence-electron chi connectivity index (χ2n) is 8.25. The maximum absolute atomic E-state index is 14.6. The molecule has 0 saturated carbocycles. The number of nitrogens with zero attached hydrogens (tertiary/aromatic N) is 2. The lowest BCUT2D eigenvalue weighted by Crippen LogP contribution is -2.49. The first-order valence-corrected chi connectivity index (χ1v) is 10.6. The maximum Gasteiger partial charge on any atom is 0.404 e. The first-order valence-electron chi connectivity index (χ1n) is 10.6. The van der Waals surface area contributed by atoms with Crippen molar-refractivity contribution in [2.45, 2.75) is 19.1 Å². The molecule has 4 rings (SSSR count). The number of rotatable bonds is 5. The molecule has 2 heterocycles. The van der Waals surface area contributed by atoms with Crippen molar-refractivity contribution in [2.24, 2.45) is 5.41 Å². The molecule has 1 atom stereocenters. The minimum Gasteiger partial charge on any atom is -0.378 e. The molecular weight excluding hydrogens is 426 g/mol. The molecule has 1 unspecified atom stereocenters. The molecule has 0 radical (unpaired) electrons. The van der Waals surface area contributed by atoms with Crippen LogP contribution in [-0.2, 0) is 16.1 Å². The van der Waals surface area contributed by atoms with Crippen LogP contribution in [-0.4, -0.2) is 56.4 Å². The average molecular weight is 451 g/mol. The van der Waals surface area contributed by atoms with Crippen molar-refractivity contribution in [2.75, 3.05) is 49.6 Å². The predicted molar refractivity (Wildman–Crippen MR) is 113 cm³/mol. The third-order valence-electron chi connectivity index (χ3n) is 6.13. The molecule has 1 amide bonds. The summed E-state index contributed by atoms with van der Waals surface area (Å²) in [5.74, 6) is -1.75. The Kier molecular flexibility index (Phi) is 6.39. The SMILES string of the molecule is O=C(Nc1ccc(N2CCOCC2)c(F)c1)C1(C(F)(F)F)CCN(Cc2ccccc2)C1. The van der Waals surface area contributed by atoms with Crippen molar-refractivity contribution in [3.8, 4) is 0 Å². The number of nitrogens with one attached hydrogen (secondary N) is 1. The monoisotopic (exact) mass is 451 g/mol. The second kappa shape index (κ2) is 9.07. The van der Waals surface area contributed by atoms with Gasteiger partial charge in [0.25, 0.3) is 0 Å². The van der Waals surface area contributed by atoms with Crippen molar-refractivity contribution in [3.63, 3.8) is 0 Å². The Balaban J connectivity index is 1.49. The number of hydrogen-bond acceptors (Lipinski definition) is 4. The maximum atomic E-state index is 14.6. The fourth-order valence-electron chi connectivity index (χ4n) is 4.31.